The highest BCUT2D eigenvalue weighted by molar-refractivity contribution is 5.33. The first-order valence-electron chi connectivity index (χ1n) is 5.07. The molecule has 88 valence electrons. The van der Waals surface area contributed by atoms with E-state index in [0.717, 1.165) is 0 Å². The minimum atomic E-state index is -0.405. The molecule has 17 heavy (non-hydrogen) atoms. The molecule has 0 saturated heterocycles. The predicted molar refractivity (Wildman–Crippen MR) is 58.7 cm³/mol. The number of aliphatic hydroxyl groups excluding tert-OH is 1. The Hall–Kier alpha value is -2.01. The number of rotatable bonds is 4. The van der Waals surface area contributed by atoms with Crippen LogP contribution in [0.2, 0.25) is 0 Å². The second-order valence-electron chi connectivity index (χ2n) is 3.36. The molecule has 0 aliphatic carbocycles. The van der Waals surface area contributed by atoms with Gasteiger partial charge >= 0.3 is 0 Å². The lowest BCUT2D eigenvalue weighted by Gasteiger charge is -2.09. The Morgan fingerprint density at radius 2 is 2.00 bits per heavy atom. The van der Waals surface area contributed by atoms with Crippen LogP contribution >= 0.6 is 0 Å². The van der Waals surface area contributed by atoms with Crippen LogP contribution in [0.1, 0.15) is 11.4 Å². The summed E-state index contributed by atoms with van der Waals surface area (Å²) in [6.07, 6.45) is 3.23. The van der Waals surface area contributed by atoms with Gasteiger partial charge in [0, 0.05) is 18.0 Å². The second-order valence-corrected chi connectivity index (χ2v) is 3.36. The second kappa shape index (κ2) is 5.36. The van der Waals surface area contributed by atoms with Gasteiger partial charge in [-0.2, -0.15) is 0 Å². The zero-order valence-electron chi connectivity index (χ0n) is 9.01. The summed E-state index contributed by atoms with van der Waals surface area (Å²) in [4.78, 5) is 7.99. The highest BCUT2D eigenvalue weighted by atomic mass is 19.1. The number of aliphatic hydroxyl groups is 1. The van der Waals surface area contributed by atoms with E-state index in [1.54, 1.807) is 18.5 Å². The molecule has 1 aromatic heterocycles. The summed E-state index contributed by atoms with van der Waals surface area (Å²) in [5.41, 5.74) is 0.404. The first-order chi connectivity index (χ1) is 8.29. The van der Waals surface area contributed by atoms with Gasteiger partial charge in [-0.15, -0.1) is 0 Å². The lowest BCUT2D eigenvalue weighted by Crippen LogP contribution is -2.02. The summed E-state index contributed by atoms with van der Waals surface area (Å²) in [6.45, 7) is -0.0950. The van der Waals surface area contributed by atoms with Crippen molar-refractivity contribution < 1.29 is 14.2 Å². The van der Waals surface area contributed by atoms with Crippen LogP contribution in [0.15, 0.2) is 36.7 Å². The fourth-order valence-corrected chi connectivity index (χ4v) is 1.36. The van der Waals surface area contributed by atoms with Crippen LogP contribution in [0.25, 0.3) is 0 Å². The van der Waals surface area contributed by atoms with Gasteiger partial charge < -0.3 is 9.84 Å². The molecule has 4 nitrogen and oxygen atoms in total. The summed E-state index contributed by atoms with van der Waals surface area (Å²) in [7, 11) is 0. The zero-order chi connectivity index (χ0) is 12.1. The number of benzene rings is 1. The van der Waals surface area contributed by atoms with Gasteiger partial charge in [0.05, 0.1) is 6.61 Å². The van der Waals surface area contributed by atoms with E-state index in [9.17, 15) is 4.39 Å². The van der Waals surface area contributed by atoms with Crippen LogP contribution in [-0.2, 0) is 13.2 Å². The van der Waals surface area contributed by atoms with E-state index in [0.29, 0.717) is 17.1 Å². The smallest absolute Gasteiger partial charge is 0.166 e. The normalized spacial score (nSPS) is 10.2. The van der Waals surface area contributed by atoms with E-state index >= 15 is 0 Å². The number of nitrogens with zero attached hydrogens (tertiary/aromatic N) is 2. The largest absolute Gasteiger partial charge is 0.485 e. The fourth-order valence-electron chi connectivity index (χ4n) is 1.36. The summed E-state index contributed by atoms with van der Waals surface area (Å²) >= 11 is 0. The highest BCUT2D eigenvalue weighted by Crippen LogP contribution is 2.20. The highest BCUT2D eigenvalue weighted by Gasteiger charge is 2.05. The molecule has 0 atom stereocenters. The third kappa shape index (κ3) is 2.98. The van der Waals surface area contributed by atoms with Crippen molar-refractivity contribution in [2.45, 2.75) is 13.2 Å². The number of ether oxygens (including phenoxy) is 1. The van der Waals surface area contributed by atoms with Gasteiger partial charge in [-0.05, 0) is 24.3 Å². The maximum Gasteiger partial charge on any atom is 0.166 e. The number of hydrogen-bond donors (Lipinski definition) is 1. The molecule has 0 saturated carbocycles. The molecular formula is C12H11FN2O2. The summed E-state index contributed by atoms with van der Waals surface area (Å²) in [5.74, 6) is 0.555. The molecule has 5 heteroatoms. The number of hydrogen-bond acceptors (Lipinski definition) is 4. The van der Waals surface area contributed by atoms with Crippen molar-refractivity contribution >= 4 is 0 Å². The predicted octanol–water partition coefficient (Wildman–Crippen LogP) is 1.69. The number of aromatic nitrogens is 2. The summed E-state index contributed by atoms with van der Waals surface area (Å²) < 4.78 is 18.3. The first-order valence-corrected chi connectivity index (χ1v) is 5.07. The van der Waals surface area contributed by atoms with Gasteiger partial charge in [0.1, 0.15) is 18.2 Å². The lowest BCUT2D eigenvalue weighted by molar-refractivity contribution is 0.255. The molecule has 2 rings (SSSR count). The Labute approximate surface area is 97.7 Å². The van der Waals surface area contributed by atoms with Crippen molar-refractivity contribution in [3.63, 3.8) is 0 Å². The average molecular weight is 234 g/mol. The van der Waals surface area contributed by atoms with Crippen LogP contribution in [-0.4, -0.2) is 15.1 Å². The van der Waals surface area contributed by atoms with Gasteiger partial charge in [0.25, 0.3) is 0 Å². The Kier molecular flexibility index (Phi) is 3.62. The Morgan fingerprint density at radius 3 is 2.71 bits per heavy atom. The maximum absolute atomic E-state index is 12.9. The van der Waals surface area contributed by atoms with Crippen molar-refractivity contribution in [2.75, 3.05) is 0 Å². The Morgan fingerprint density at radius 1 is 1.24 bits per heavy atom. The van der Waals surface area contributed by atoms with Crippen molar-refractivity contribution in [3.8, 4) is 5.75 Å². The number of halogens is 1. The van der Waals surface area contributed by atoms with Crippen LogP contribution in [0, 0.1) is 5.82 Å². The zero-order valence-corrected chi connectivity index (χ0v) is 9.01. The SMILES string of the molecule is OCc1cc(F)ccc1OCc1ncccn1. The van der Waals surface area contributed by atoms with E-state index < -0.39 is 5.82 Å². The summed E-state index contributed by atoms with van der Waals surface area (Å²) in [6, 6.07) is 5.70. The summed E-state index contributed by atoms with van der Waals surface area (Å²) in [5, 5.41) is 9.06. The molecule has 0 aliphatic heterocycles. The topological polar surface area (TPSA) is 55.2 Å². The van der Waals surface area contributed by atoms with E-state index in [2.05, 4.69) is 9.97 Å². The molecule has 1 aromatic carbocycles. The van der Waals surface area contributed by atoms with Crippen molar-refractivity contribution in [1.82, 2.24) is 9.97 Å². The van der Waals surface area contributed by atoms with E-state index in [4.69, 9.17) is 9.84 Å². The third-order valence-corrected chi connectivity index (χ3v) is 2.17. The van der Waals surface area contributed by atoms with Gasteiger partial charge in [-0.25, -0.2) is 14.4 Å². The molecule has 1 heterocycles. The maximum atomic E-state index is 12.9. The minimum absolute atomic E-state index is 0.180. The third-order valence-electron chi connectivity index (χ3n) is 2.17. The van der Waals surface area contributed by atoms with Crippen LogP contribution < -0.4 is 4.74 Å². The molecular weight excluding hydrogens is 223 g/mol. The van der Waals surface area contributed by atoms with Gasteiger partial charge in [0.15, 0.2) is 5.82 Å². The van der Waals surface area contributed by atoms with Crippen LogP contribution in [0.5, 0.6) is 5.75 Å². The molecule has 0 fully saturated rings. The quantitative estimate of drug-likeness (QED) is 0.874. The molecule has 0 spiro atoms. The Bertz CT molecular complexity index is 491. The standard InChI is InChI=1S/C12H11FN2O2/c13-10-2-3-11(9(6-10)7-16)17-8-12-14-4-1-5-15-12/h1-6,16H,7-8H2. The van der Waals surface area contributed by atoms with Crippen molar-refractivity contribution in [3.05, 3.63) is 53.9 Å². The first kappa shape index (κ1) is 11.5. The minimum Gasteiger partial charge on any atom is -0.485 e. The Balaban J connectivity index is 2.09. The lowest BCUT2D eigenvalue weighted by atomic mass is 10.2. The van der Waals surface area contributed by atoms with E-state index in [-0.39, 0.29) is 13.2 Å². The van der Waals surface area contributed by atoms with Gasteiger partial charge in [-0.3, -0.25) is 0 Å². The van der Waals surface area contributed by atoms with E-state index in [1.807, 2.05) is 0 Å². The monoisotopic (exact) mass is 234 g/mol. The average Bonchev–Trinajstić information content (AvgIpc) is 2.38. The molecule has 0 radical (unpaired) electrons. The molecule has 2 aromatic rings. The van der Waals surface area contributed by atoms with Gasteiger partial charge in [0.2, 0.25) is 0 Å². The van der Waals surface area contributed by atoms with Crippen LogP contribution in [0.4, 0.5) is 4.39 Å². The molecule has 1 N–H and O–H groups in total. The molecule has 0 aliphatic rings. The van der Waals surface area contributed by atoms with Gasteiger partial charge in [-0.1, -0.05) is 0 Å². The molecule has 0 bridgehead atoms. The van der Waals surface area contributed by atoms with Crippen LogP contribution in [0.3, 0.4) is 0 Å². The fraction of sp³-hybridized carbons (Fsp3) is 0.167. The molecule has 0 unspecified atom stereocenters. The van der Waals surface area contributed by atoms with E-state index in [1.165, 1.54) is 18.2 Å². The van der Waals surface area contributed by atoms with Crippen molar-refractivity contribution in [2.24, 2.45) is 0 Å². The molecule has 0 amide bonds. The van der Waals surface area contributed by atoms with Crippen molar-refractivity contribution in [1.29, 1.82) is 0 Å².